The van der Waals surface area contributed by atoms with Crippen LogP contribution in [-0.4, -0.2) is 9.97 Å². The minimum absolute atomic E-state index is 0.173. The molecule has 0 spiro atoms. The summed E-state index contributed by atoms with van der Waals surface area (Å²) >= 11 is 1.64. The Kier molecular flexibility index (Phi) is 3.74. The van der Waals surface area contributed by atoms with E-state index in [1.165, 1.54) is 0 Å². The van der Waals surface area contributed by atoms with Gasteiger partial charge in [0.05, 0.1) is 17.3 Å². The van der Waals surface area contributed by atoms with E-state index in [1.807, 2.05) is 19.1 Å². The van der Waals surface area contributed by atoms with Crippen LogP contribution in [0.1, 0.15) is 47.8 Å². The van der Waals surface area contributed by atoms with Crippen LogP contribution >= 0.6 is 11.3 Å². The van der Waals surface area contributed by atoms with Crippen molar-refractivity contribution in [2.75, 3.05) is 0 Å². The van der Waals surface area contributed by atoms with Crippen molar-refractivity contribution in [1.82, 2.24) is 9.97 Å². The molecular weight excluding hydrogens is 278 g/mol. The van der Waals surface area contributed by atoms with Crippen LogP contribution in [0.25, 0.3) is 10.9 Å². The Morgan fingerprint density at radius 3 is 2.62 bits per heavy atom. The van der Waals surface area contributed by atoms with E-state index in [0.717, 1.165) is 32.9 Å². The summed E-state index contributed by atoms with van der Waals surface area (Å²) in [4.78, 5) is 9.18. The van der Waals surface area contributed by atoms with Crippen LogP contribution < -0.4 is 5.73 Å². The monoisotopic (exact) mass is 297 g/mol. The lowest BCUT2D eigenvalue weighted by atomic mass is 10.0. The summed E-state index contributed by atoms with van der Waals surface area (Å²) in [5, 5.41) is 4.19. The molecule has 0 fully saturated rings. The van der Waals surface area contributed by atoms with Crippen molar-refractivity contribution >= 4 is 22.2 Å². The summed E-state index contributed by atoms with van der Waals surface area (Å²) in [7, 11) is 0. The van der Waals surface area contributed by atoms with Crippen molar-refractivity contribution in [3.05, 3.63) is 57.7 Å². The van der Waals surface area contributed by atoms with Gasteiger partial charge in [-0.05, 0) is 36.6 Å². The third-order valence-electron chi connectivity index (χ3n) is 3.61. The van der Waals surface area contributed by atoms with Crippen molar-refractivity contribution in [3.8, 4) is 0 Å². The molecule has 0 amide bonds. The van der Waals surface area contributed by atoms with E-state index in [1.54, 1.807) is 11.3 Å². The number of fused-ring (bicyclic) bond motifs is 1. The minimum atomic E-state index is -0.173. The lowest BCUT2D eigenvalue weighted by Gasteiger charge is -2.10. The molecule has 0 aliphatic heterocycles. The third-order valence-corrected chi connectivity index (χ3v) is 4.55. The number of hydrogen-bond acceptors (Lipinski definition) is 4. The van der Waals surface area contributed by atoms with Crippen molar-refractivity contribution in [2.24, 2.45) is 5.73 Å². The highest BCUT2D eigenvalue weighted by Gasteiger charge is 2.15. The van der Waals surface area contributed by atoms with Gasteiger partial charge in [-0.15, -0.1) is 11.3 Å². The first-order valence-corrected chi connectivity index (χ1v) is 8.01. The molecule has 3 nitrogen and oxygen atoms in total. The van der Waals surface area contributed by atoms with Gasteiger partial charge in [0.2, 0.25) is 0 Å². The number of benzene rings is 1. The first kappa shape index (κ1) is 14.2. The van der Waals surface area contributed by atoms with E-state index in [9.17, 15) is 0 Å². The molecule has 3 aromatic rings. The Bertz CT molecular complexity index is 777. The Hall–Kier alpha value is -1.78. The molecule has 0 aliphatic carbocycles. The number of aryl methyl sites for hydroxylation is 1. The first-order valence-electron chi connectivity index (χ1n) is 7.13. The average Bonchev–Trinajstić information content (AvgIpc) is 2.96. The number of pyridine rings is 1. The molecule has 1 atom stereocenters. The molecule has 1 unspecified atom stereocenters. The Labute approximate surface area is 128 Å². The zero-order valence-corrected chi connectivity index (χ0v) is 13.3. The average molecular weight is 297 g/mol. The van der Waals surface area contributed by atoms with Crippen LogP contribution in [0.15, 0.2) is 35.7 Å². The number of aromatic nitrogens is 2. The van der Waals surface area contributed by atoms with Gasteiger partial charge >= 0.3 is 0 Å². The molecule has 0 bridgehead atoms. The summed E-state index contributed by atoms with van der Waals surface area (Å²) < 4.78 is 0. The lowest BCUT2D eigenvalue weighted by molar-refractivity contribution is 0.796. The third kappa shape index (κ3) is 2.82. The number of rotatable bonds is 3. The molecule has 1 aromatic carbocycles. The first-order chi connectivity index (χ1) is 10.0. The Morgan fingerprint density at radius 2 is 1.90 bits per heavy atom. The number of thiazole rings is 1. The van der Waals surface area contributed by atoms with Crippen LogP contribution in [0.5, 0.6) is 0 Å². The molecule has 3 rings (SSSR count). The fourth-order valence-electron chi connectivity index (χ4n) is 2.29. The van der Waals surface area contributed by atoms with Crippen molar-refractivity contribution < 1.29 is 0 Å². The number of hydrogen-bond donors (Lipinski definition) is 1. The minimum Gasteiger partial charge on any atom is -0.318 e. The highest BCUT2D eigenvalue weighted by molar-refractivity contribution is 7.09. The predicted octanol–water partition coefficient (Wildman–Crippen LogP) is 4.17. The van der Waals surface area contributed by atoms with Crippen LogP contribution in [0.3, 0.4) is 0 Å². The van der Waals surface area contributed by atoms with Gasteiger partial charge in [-0.2, -0.15) is 0 Å². The number of nitrogens with zero attached hydrogens (tertiary/aromatic N) is 2. The summed E-state index contributed by atoms with van der Waals surface area (Å²) in [6.45, 7) is 6.30. The zero-order valence-electron chi connectivity index (χ0n) is 12.5. The van der Waals surface area contributed by atoms with E-state index in [0.29, 0.717) is 5.92 Å². The zero-order chi connectivity index (χ0) is 15.0. The van der Waals surface area contributed by atoms with Gasteiger partial charge in [-0.3, -0.25) is 4.98 Å². The largest absolute Gasteiger partial charge is 0.318 e. The molecule has 2 N–H and O–H groups in total. The molecule has 0 saturated heterocycles. The van der Waals surface area contributed by atoms with Crippen molar-refractivity contribution in [2.45, 2.75) is 32.7 Å². The van der Waals surface area contributed by atoms with Gasteiger partial charge in [0.1, 0.15) is 5.01 Å². The molecule has 108 valence electrons. The standard InChI is InChI=1S/C17H19N3S/c1-10(2)15-9-21-17(20-15)16(18)13-6-7-14-12(8-13)5-4-11(3)19-14/h4-10,16H,18H2,1-3H3. The summed E-state index contributed by atoms with van der Waals surface area (Å²) in [5.41, 5.74) is 10.6. The van der Waals surface area contributed by atoms with Gasteiger partial charge in [0.15, 0.2) is 0 Å². The second-order valence-corrected chi connectivity index (χ2v) is 6.54. The van der Waals surface area contributed by atoms with Gasteiger partial charge in [0, 0.05) is 16.5 Å². The molecule has 0 saturated carbocycles. The van der Waals surface area contributed by atoms with E-state index >= 15 is 0 Å². The highest BCUT2D eigenvalue weighted by Crippen LogP contribution is 2.27. The molecule has 21 heavy (non-hydrogen) atoms. The summed E-state index contributed by atoms with van der Waals surface area (Å²) in [5.74, 6) is 0.436. The smallest absolute Gasteiger partial charge is 0.114 e. The lowest BCUT2D eigenvalue weighted by Crippen LogP contribution is -2.11. The topological polar surface area (TPSA) is 51.8 Å². The quantitative estimate of drug-likeness (QED) is 0.789. The molecule has 4 heteroatoms. The van der Waals surface area contributed by atoms with Crippen LogP contribution in [0.2, 0.25) is 0 Å². The Balaban J connectivity index is 1.96. The van der Waals surface area contributed by atoms with Crippen LogP contribution in [0.4, 0.5) is 0 Å². The van der Waals surface area contributed by atoms with Crippen molar-refractivity contribution in [1.29, 1.82) is 0 Å². The van der Waals surface area contributed by atoms with Crippen LogP contribution in [-0.2, 0) is 0 Å². The van der Waals surface area contributed by atoms with E-state index in [-0.39, 0.29) is 6.04 Å². The molecule has 0 radical (unpaired) electrons. The predicted molar refractivity (Wildman–Crippen MR) is 88.7 cm³/mol. The Morgan fingerprint density at radius 1 is 1.10 bits per heavy atom. The SMILES string of the molecule is Cc1ccc2cc(C(N)c3nc(C(C)C)cs3)ccc2n1. The fraction of sp³-hybridized carbons (Fsp3) is 0.294. The van der Waals surface area contributed by atoms with E-state index in [2.05, 4.69) is 47.4 Å². The fourth-order valence-corrected chi connectivity index (χ4v) is 3.30. The second kappa shape index (κ2) is 5.54. The van der Waals surface area contributed by atoms with Gasteiger partial charge < -0.3 is 5.73 Å². The maximum absolute atomic E-state index is 6.38. The van der Waals surface area contributed by atoms with E-state index in [4.69, 9.17) is 5.73 Å². The van der Waals surface area contributed by atoms with Crippen molar-refractivity contribution in [3.63, 3.8) is 0 Å². The number of nitrogens with two attached hydrogens (primary N) is 1. The maximum atomic E-state index is 6.38. The van der Waals surface area contributed by atoms with E-state index < -0.39 is 0 Å². The molecular formula is C17H19N3S. The summed E-state index contributed by atoms with van der Waals surface area (Å²) in [6, 6.07) is 10.1. The molecule has 2 aromatic heterocycles. The molecule has 2 heterocycles. The normalized spacial score (nSPS) is 13.0. The summed E-state index contributed by atoms with van der Waals surface area (Å²) in [6.07, 6.45) is 0. The van der Waals surface area contributed by atoms with Gasteiger partial charge in [0.25, 0.3) is 0 Å². The molecule has 0 aliphatic rings. The van der Waals surface area contributed by atoms with Gasteiger partial charge in [-0.25, -0.2) is 4.98 Å². The second-order valence-electron chi connectivity index (χ2n) is 5.65. The van der Waals surface area contributed by atoms with Gasteiger partial charge in [-0.1, -0.05) is 26.0 Å². The highest BCUT2D eigenvalue weighted by atomic mass is 32.1. The van der Waals surface area contributed by atoms with Crippen LogP contribution in [0, 0.1) is 6.92 Å². The maximum Gasteiger partial charge on any atom is 0.114 e.